The van der Waals surface area contributed by atoms with Crippen LogP contribution in [-0.2, 0) is 0 Å². The minimum absolute atomic E-state index is 0.707. The van der Waals surface area contributed by atoms with E-state index in [2.05, 4.69) is 181 Å². The molecule has 0 saturated heterocycles. The van der Waals surface area contributed by atoms with Gasteiger partial charge in [0.05, 0.1) is 22.4 Å². The minimum Gasteiger partial charge on any atom is -0.292 e. The minimum atomic E-state index is 0.707. The van der Waals surface area contributed by atoms with Crippen LogP contribution in [0.25, 0.3) is 84.3 Å². The largest absolute Gasteiger partial charge is 0.292 e. The molecule has 0 atom stereocenters. The first-order chi connectivity index (χ1) is 25.7. The van der Waals surface area contributed by atoms with Gasteiger partial charge in [0.2, 0.25) is 0 Å². The summed E-state index contributed by atoms with van der Waals surface area (Å²) in [6, 6.07) is 65.6. The normalized spacial score (nSPS) is 11.2. The molecule has 0 radical (unpaired) electrons. The number of hydrogen-bond donors (Lipinski definition) is 0. The summed E-state index contributed by atoms with van der Waals surface area (Å²) in [4.78, 5) is 15.2. The quantitative estimate of drug-likeness (QED) is 0.170. The number of benzene rings is 7. The molecule has 0 spiro atoms. The van der Waals surface area contributed by atoms with Gasteiger partial charge in [-0.1, -0.05) is 157 Å². The Morgan fingerprint density at radius 3 is 1.60 bits per heavy atom. The second-order valence-corrected chi connectivity index (χ2v) is 13.0. The van der Waals surface area contributed by atoms with E-state index in [1.807, 2.05) is 18.2 Å². The molecule has 4 heteroatoms. The van der Waals surface area contributed by atoms with Crippen molar-refractivity contribution in [3.05, 3.63) is 194 Å². The highest BCUT2D eigenvalue weighted by Gasteiger charge is 2.15. The van der Waals surface area contributed by atoms with Gasteiger partial charge in [-0.15, -0.1) is 0 Å². The third kappa shape index (κ3) is 6.08. The molecule has 2 aromatic heterocycles. The lowest BCUT2D eigenvalue weighted by Crippen LogP contribution is -1.97. The molecule has 2 heterocycles. The van der Waals surface area contributed by atoms with Crippen molar-refractivity contribution >= 4 is 11.0 Å². The van der Waals surface area contributed by atoms with Crippen molar-refractivity contribution in [3.63, 3.8) is 0 Å². The van der Waals surface area contributed by atoms with Crippen molar-refractivity contribution < 1.29 is 0 Å². The molecule has 9 rings (SSSR count). The molecule has 0 aliphatic rings. The zero-order valence-electron chi connectivity index (χ0n) is 28.7. The molecule has 0 saturated carbocycles. The maximum absolute atomic E-state index is 5.09. The van der Waals surface area contributed by atoms with Crippen LogP contribution in [0, 0.1) is 6.92 Å². The summed E-state index contributed by atoms with van der Waals surface area (Å²) in [5.41, 5.74) is 14.9. The van der Waals surface area contributed by atoms with Crippen molar-refractivity contribution in [1.29, 1.82) is 0 Å². The molecular formula is C48H34N4. The Labute approximate surface area is 303 Å². The van der Waals surface area contributed by atoms with E-state index in [1.54, 1.807) is 0 Å². The maximum Gasteiger partial charge on any atom is 0.160 e. The number of imidazole rings is 1. The van der Waals surface area contributed by atoms with E-state index in [0.29, 0.717) is 5.82 Å². The van der Waals surface area contributed by atoms with Gasteiger partial charge in [-0.25, -0.2) is 15.0 Å². The number of fused-ring (bicyclic) bond motifs is 1. The molecule has 0 N–H and O–H groups in total. The fraction of sp³-hybridized carbons (Fsp3) is 0.0208. The topological polar surface area (TPSA) is 43.6 Å². The van der Waals surface area contributed by atoms with Gasteiger partial charge in [-0.2, -0.15) is 0 Å². The molecular weight excluding hydrogens is 633 g/mol. The molecule has 0 unspecified atom stereocenters. The van der Waals surface area contributed by atoms with E-state index < -0.39 is 0 Å². The zero-order chi connectivity index (χ0) is 34.9. The van der Waals surface area contributed by atoms with Crippen molar-refractivity contribution in [1.82, 2.24) is 19.5 Å². The lowest BCUT2D eigenvalue weighted by molar-refractivity contribution is 1.10. The Kier molecular flexibility index (Phi) is 8.03. The Morgan fingerprint density at radius 1 is 0.365 bits per heavy atom. The molecule has 0 bridgehead atoms. The predicted octanol–water partition coefficient (Wildman–Crippen LogP) is 12.1. The average molecular weight is 667 g/mol. The molecule has 52 heavy (non-hydrogen) atoms. The van der Waals surface area contributed by atoms with Crippen LogP contribution in [0.5, 0.6) is 0 Å². The summed E-state index contributed by atoms with van der Waals surface area (Å²) in [6.45, 7) is 2.10. The van der Waals surface area contributed by atoms with E-state index in [-0.39, 0.29) is 0 Å². The number of rotatable bonds is 7. The highest BCUT2D eigenvalue weighted by atomic mass is 15.1. The van der Waals surface area contributed by atoms with Crippen molar-refractivity contribution in [2.75, 3.05) is 0 Å². The summed E-state index contributed by atoms with van der Waals surface area (Å²) >= 11 is 0. The van der Waals surface area contributed by atoms with Gasteiger partial charge in [0.25, 0.3) is 0 Å². The zero-order valence-corrected chi connectivity index (χ0v) is 28.7. The van der Waals surface area contributed by atoms with Crippen LogP contribution in [0.15, 0.2) is 188 Å². The maximum atomic E-state index is 5.09. The molecule has 4 nitrogen and oxygen atoms in total. The molecule has 0 aliphatic carbocycles. The Morgan fingerprint density at radius 2 is 0.885 bits per heavy atom. The monoisotopic (exact) mass is 666 g/mol. The van der Waals surface area contributed by atoms with Crippen LogP contribution < -0.4 is 0 Å². The fourth-order valence-electron chi connectivity index (χ4n) is 6.77. The fourth-order valence-corrected chi connectivity index (χ4v) is 6.77. The average Bonchev–Trinajstić information content (AvgIpc) is 3.62. The first-order valence-electron chi connectivity index (χ1n) is 17.5. The van der Waals surface area contributed by atoms with Crippen LogP contribution in [0.1, 0.15) is 5.56 Å². The number of hydrogen-bond acceptors (Lipinski definition) is 3. The summed E-state index contributed by atoms with van der Waals surface area (Å²) in [6.07, 6.45) is 0. The van der Waals surface area contributed by atoms with E-state index in [9.17, 15) is 0 Å². The summed E-state index contributed by atoms with van der Waals surface area (Å²) in [5, 5.41) is 0. The smallest absolute Gasteiger partial charge is 0.160 e. The van der Waals surface area contributed by atoms with E-state index >= 15 is 0 Å². The lowest BCUT2D eigenvalue weighted by atomic mass is 9.99. The van der Waals surface area contributed by atoms with Crippen LogP contribution in [0.4, 0.5) is 0 Å². The SMILES string of the molecule is Cc1ccc(-c2nc(-c3ccc(-c4ccc(-c5nc6ccccc6n5-c5ccccc5)cc4)cc3)cc(-c3cccc(-c4ccccc4)c3)n2)cc1. The highest BCUT2D eigenvalue weighted by Crippen LogP contribution is 2.33. The van der Waals surface area contributed by atoms with Crippen LogP contribution in [0.3, 0.4) is 0 Å². The van der Waals surface area contributed by atoms with Gasteiger partial charge in [-0.3, -0.25) is 4.57 Å². The van der Waals surface area contributed by atoms with Gasteiger partial charge in [0, 0.05) is 27.9 Å². The van der Waals surface area contributed by atoms with E-state index in [0.717, 1.165) is 72.9 Å². The van der Waals surface area contributed by atoms with Gasteiger partial charge in [0.15, 0.2) is 5.82 Å². The first kappa shape index (κ1) is 31.1. The Bertz CT molecular complexity index is 2640. The predicted molar refractivity (Wildman–Crippen MR) is 214 cm³/mol. The third-order valence-electron chi connectivity index (χ3n) is 9.53. The van der Waals surface area contributed by atoms with Gasteiger partial charge in [0.1, 0.15) is 5.82 Å². The van der Waals surface area contributed by atoms with Crippen LogP contribution >= 0.6 is 0 Å². The molecule has 0 aliphatic heterocycles. The van der Waals surface area contributed by atoms with Gasteiger partial charge >= 0.3 is 0 Å². The molecule has 0 fully saturated rings. The van der Waals surface area contributed by atoms with Crippen LogP contribution in [0.2, 0.25) is 0 Å². The number of aromatic nitrogens is 4. The number of nitrogens with zero attached hydrogens (tertiary/aromatic N) is 4. The Balaban J connectivity index is 1.06. The molecule has 7 aromatic carbocycles. The highest BCUT2D eigenvalue weighted by molar-refractivity contribution is 5.84. The lowest BCUT2D eigenvalue weighted by Gasteiger charge is -2.12. The first-order valence-corrected chi connectivity index (χ1v) is 17.5. The summed E-state index contributed by atoms with van der Waals surface area (Å²) in [7, 11) is 0. The third-order valence-corrected chi connectivity index (χ3v) is 9.53. The second kappa shape index (κ2) is 13.4. The summed E-state index contributed by atoms with van der Waals surface area (Å²) in [5.74, 6) is 1.63. The molecule has 9 aromatic rings. The Hall–Kier alpha value is -6.91. The van der Waals surface area contributed by atoms with Crippen molar-refractivity contribution in [2.45, 2.75) is 6.92 Å². The van der Waals surface area contributed by atoms with Crippen molar-refractivity contribution in [2.24, 2.45) is 0 Å². The number of para-hydroxylation sites is 3. The van der Waals surface area contributed by atoms with Gasteiger partial charge in [-0.05, 0) is 65.6 Å². The van der Waals surface area contributed by atoms with E-state index in [4.69, 9.17) is 15.0 Å². The summed E-state index contributed by atoms with van der Waals surface area (Å²) < 4.78 is 2.23. The second-order valence-electron chi connectivity index (χ2n) is 13.0. The molecule has 0 amide bonds. The standard InChI is InChI=1S/C48H34N4/c1-33-19-21-38(22-20-33)47-49-44(32-45(50-47)41-14-10-13-40(31-41)34-11-4-2-5-12-34)37-27-23-35(24-28-37)36-25-29-39(30-26-36)48-51-43-17-8-9-18-46(43)52(48)42-15-6-3-7-16-42/h2-32H,1H3. The van der Waals surface area contributed by atoms with Crippen LogP contribution in [-0.4, -0.2) is 19.5 Å². The van der Waals surface area contributed by atoms with Crippen molar-refractivity contribution in [3.8, 4) is 73.2 Å². The molecule has 246 valence electrons. The number of aryl methyl sites for hydroxylation is 1. The van der Waals surface area contributed by atoms with Gasteiger partial charge < -0.3 is 0 Å². The van der Waals surface area contributed by atoms with E-state index in [1.165, 1.54) is 11.1 Å².